The predicted octanol–water partition coefficient (Wildman–Crippen LogP) is 2.45. The number of hydrogen-bond acceptors (Lipinski definition) is 2. The van der Waals surface area contributed by atoms with E-state index in [2.05, 4.69) is 15.2 Å². The Balaban J connectivity index is 2.55. The topological polar surface area (TPSA) is 41.6 Å². The van der Waals surface area contributed by atoms with Crippen LogP contribution in [0.3, 0.4) is 0 Å². The van der Waals surface area contributed by atoms with Crippen LogP contribution in [0, 0.1) is 17.5 Å². The molecule has 0 aliphatic rings. The lowest BCUT2D eigenvalue weighted by Gasteiger charge is -2.00. The second-order valence-electron chi connectivity index (χ2n) is 3.20. The van der Waals surface area contributed by atoms with Crippen LogP contribution in [-0.2, 0) is 6.42 Å². The fourth-order valence-electron chi connectivity index (χ4n) is 1.32. The zero-order valence-corrected chi connectivity index (χ0v) is 8.39. The third-order valence-corrected chi connectivity index (χ3v) is 2.10. The Hall–Kier alpha value is -1.85. The van der Waals surface area contributed by atoms with Gasteiger partial charge in [-0.2, -0.15) is 5.10 Å². The minimum absolute atomic E-state index is 0.105. The first-order valence-corrected chi connectivity index (χ1v) is 4.68. The molecule has 0 atom stereocenters. The van der Waals surface area contributed by atoms with Crippen molar-refractivity contribution in [3.05, 3.63) is 35.4 Å². The molecule has 0 aliphatic heterocycles. The van der Waals surface area contributed by atoms with Crippen LogP contribution in [0.1, 0.15) is 12.7 Å². The van der Waals surface area contributed by atoms with E-state index < -0.39 is 23.0 Å². The van der Waals surface area contributed by atoms with E-state index in [0.717, 1.165) is 0 Å². The number of aromatic amines is 1. The first kappa shape index (κ1) is 10.7. The molecule has 1 aromatic carbocycles. The van der Waals surface area contributed by atoms with Gasteiger partial charge in [0.1, 0.15) is 23.3 Å². The molecule has 84 valence electrons. The maximum absolute atomic E-state index is 13.3. The van der Waals surface area contributed by atoms with E-state index >= 15 is 0 Å². The number of hydrogen-bond donors (Lipinski definition) is 1. The van der Waals surface area contributed by atoms with Crippen molar-refractivity contribution < 1.29 is 13.2 Å². The highest BCUT2D eigenvalue weighted by molar-refractivity contribution is 5.56. The molecule has 1 aromatic heterocycles. The number of aromatic nitrogens is 3. The number of benzene rings is 1. The van der Waals surface area contributed by atoms with Gasteiger partial charge in [0.2, 0.25) is 0 Å². The first-order chi connectivity index (χ1) is 7.61. The normalized spacial score (nSPS) is 10.8. The highest BCUT2D eigenvalue weighted by Crippen LogP contribution is 2.23. The number of nitrogens with one attached hydrogen (secondary N) is 1. The molecule has 2 rings (SSSR count). The zero-order chi connectivity index (χ0) is 11.7. The largest absolute Gasteiger partial charge is 0.263 e. The van der Waals surface area contributed by atoms with Gasteiger partial charge in [0.05, 0.1) is 5.56 Å². The van der Waals surface area contributed by atoms with E-state index in [0.29, 0.717) is 24.4 Å². The lowest BCUT2D eigenvalue weighted by molar-refractivity contribution is 0.546. The van der Waals surface area contributed by atoms with Gasteiger partial charge in [0.15, 0.2) is 5.82 Å². The van der Waals surface area contributed by atoms with Crippen molar-refractivity contribution in [3.8, 4) is 11.4 Å². The molecule has 0 unspecified atom stereocenters. The Morgan fingerprint density at radius 3 is 2.31 bits per heavy atom. The summed E-state index contributed by atoms with van der Waals surface area (Å²) in [5.41, 5.74) is -0.419. The smallest absolute Gasteiger partial charge is 0.187 e. The second kappa shape index (κ2) is 3.96. The van der Waals surface area contributed by atoms with Crippen LogP contribution in [0.15, 0.2) is 12.1 Å². The van der Waals surface area contributed by atoms with Crippen LogP contribution in [-0.4, -0.2) is 15.2 Å². The van der Waals surface area contributed by atoms with Gasteiger partial charge in [-0.1, -0.05) is 6.92 Å². The molecule has 0 fully saturated rings. The van der Waals surface area contributed by atoms with Gasteiger partial charge < -0.3 is 0 Å². The molecule has 0 aliphatic carbocycles. The summed E-state index contributed by atoms with van der Waals surface area (Å²) in [5.74, 6) is -2.59. The average Bonchev–Trinajstić information content (AvgIpc) is 2.64. The summed E-state index contributed by atoms with van der Waals surface area (Å²) in [4.78, 5) is 3.88. The number of rotatable bonds is 2. The van der Waals surface area contributed by atoms with Crippen LogP contribution in [0.4, 0.5) is 13.2 Å². The Morgan fingerprint density at radius 2 is 1.81 bits per heavy atom. The summed E-state index contributed by atoms with van der Waals surface area (Å²) in [6.45, 7) is 1.82. The predicted molar refractivity (Wildman–Crippen MR) is 51.1 cm³/mol. The molecule has 0 radical (unpaired) electrons. The molecule has 3 nitrogen and oxygen atoms in total. The average molecular weight is 227 g/mol. The number of aryl methyl sites for hydroxylation is 1. The monoisotopic (exact) mass is 227 g/mol. The van der Waals surface area contributed by atoms with Gasteiger partial charge in [0.25, 0.3) is 0 Å². The molecule has 0 spiro atoms. The Bertz CT molecular complexity index is 499. The molecule has 0 bridgehead atoms. The molecule has 1 N–H and O–H groups in total. The van der Waals surface area contributed by atoms with Crippen molar-refractivity contribution in [2.75, 3.05) is 0 Å². The van der Waals surface area contributed by atoms with Gasteiger partial charge in [-0.15, -0.1) is 0 Å². The van der Waals surface area contributed by atoms with Crippen molar-refractivity contribution in [1.82, 2.24) is 15.2 Å². The van der Waals surface area contributed by atoms with Gasteiger partial charge in [-0.3, -0.25) is 5.10 Å². The summed E-state index contributed by atoms with van der Waals surface area (Å²) in [6.07, 6.45) is 0.567. The van der Waals surface area contributed by atoms with E-state index in [-0.39, 0.29) is 5.82 Å². The minimum Gasteiger partial charge on any atom is -0.263 e. The number of H-pyrrole nitrogens is 1. The van der Waals surface area contributed by atoms with E-state index in [9.17, 15) is 13.2 Å². The van der Waals surface area contributed by atoms with E-state index in [1.807, 2.05) is 6.92 Å². The molecule has 2 aromatic rings. The summed E-state index contributed by atoms with van der Waals surface area (Å²) in [5, 5.41) is 6.20. The van der Waals surface area contributed by atoms with Crippen molar-refractivity contribution in [1.29, 1.82) is 0 Å². The van der Waals surface area contributed by atoms with Crippen LogP contribution in [0.2, 0.25) is 0 Å². The summed E-state index contributed by atoms with van der Waals surface area (Å²) < 4.78 is 39.3. The standard InChI is InChI=1S/C10H8F3N3/c1-2-8-14-10(16-15-8)9-6(12)3-5(11)4-7(9)13/h3-4H,2H2,1H3,(H,14,15,16). The molecule has 16 heavy (non-hydrogen) atoms. The van der Waals surface area contributed by atoms with Crippen LogP contribution < -0.4 is 0 Å². The Kier molecular flexibility index (Phi) is 2.64. The molecular formula is C10H8F3N3. The fourth-order valence-corrected chi connectivity index (χ4v) is 1.32. The van der Waals surface area contributed by atoms with E-state index in [4.69, 9.17) is 0 Å². The third-order valence-electron chi connectivity index (χ3n) is 2.10. The van der Waals surface area contributed by atoms with Crippen molar-refractivity contribution in [2.24, 2.45) is 0 Å². The van der Waals surface area contributed by atoms with Crippen molar-refractivity contribution in [2.45, 2.75) is 13.3 Å². The maximum Gasteiger partial charge on any atom is 0.187 e. The summed E-state index contributed by atoms with van der Waals surface area (Å²) in [6, 6.07) is 1.20. The van der Waals surface area contributed by atoms with Crippen LogP contribution in [0.5, 0.6) is 0 Å². The highest BCUT2D eigenvalue weighted by atomic mass is 19.1. The second-order valence-corrected chi connectivity index (χ2v) is 3.20. The lowest BCUT2D eigenvalue weighted by Crippen LogP contribution is -1.94. The molecule has 6 heteroatoms. The Labute approximate surface area is 89.3 Å². The Morgan fingerprint density at radius 1 is 1.19 bits per heavy atom. The van der Waals surface area contributed by atoms with Gasteiger partial charge in [0, 0.05) is 18.6 Å². The number of nitrogens with zero attached hydrogens (tertiary/aromatic N) is 2. The quantitative estimate of drug-likeness (QED) is 0.856. The molecule has 1 heterocycles. The summed E-state index contributed by atoms with van der Waals surface area (Å²) >= 11 is 0. The molecular weight excluding hydrogens is 219 g/mol. The minimum atomic E-state index is -1.01. The van der Waals surface area contributed by atoms with Crippen LogP contribution >= 0.6 is 0 Å². The van der Waals surface area contributed by atoms with Gasteiger partial charge in [-0.25, -0.2) is 18.2 Å². The fraction of sp³-hybridized carbons (Fsp3) is 0.200. The maximum atomic E-state index is 13.3. The van der Waals surface area contributed by atoms with Crippen molar-refractivity contribution in [3.63, 3.8) is 0 Å². The van der Waals surface area contributed by atoms with E-state index in [1.165, 1.54) is 0 Å². The van der Waals surface area contributed by atoms with Gasteiger partial charge in [-0.05, 0) is 0 Å². The lowest BCUT2D eigenvalue weighted by atomic mass is 10.2. The zero-order valence-electron chi connectivity index (χ0n) is 8.39. The number of halogens is 3. The van der Waals surface area contributed by atoms with E-state index in [1.54, 1.807) is 0 Å². The van der Waals surface area contributed by atoms with Gasteiger partial charge >= 0.3 is 0 Å². The molecule has 0 saturated heterocycles. The van der Waals surface area contributed by atoms with Crippen molar-refractivity contribution >= 4 is 0 Å². The van der Waals surface area contributed by atoms with Crippen LogP contribution in [0.25, 0.3) is 11.4 Å². The highest BCUT2D eigenvalue weighted by Gasteiger charge is 2.17. The third kappa shape index (κ3) is 1.78. The molecule has 0 saturated carbocycles. The summed E-state index contributed by atoms with van der Waals surface area (Å²) in [7, 11) is 0. The first-order valence-electron chi connectivity index (χ1n) is 4.68. The molecule has 0 amide bonds. The SMILES string of the molecule is CCc1nc(-c2c(F)cc(F)cc2F)n[nH]1.